The van der Waals surface area contributed by atoms with Crippen LogP contribution in [0.15, 0.2) is 12.2 Å². The van der Waals surface area contributed by atoms with Gasteiger partial charge in [0.15, 0.2) is 0 Å². The fraction of sp³-hybridized carbons (Fsp3) is 0.737. The first-order valence-corrected chi connectivity index (χ1v) is 11.9. The highest BCUT2D eigenvalue weighted by Gasteiger charge is 2.39. The molecule has 0 aromatic carbocycles. The van der Waals surface area contributed by atoms with Crippen LogP contribution in [0.2, 0.25) is 6.04 Å². The molecule has 1 unspecified atom stereocenters. The molecule has 0 aliphatic rings. The molecule has 10 heteroatoms. The van der Waals surface area contributed by atoms with Crippen LogP contribution < -0.4 is 5.32 Å². The van der Waals surface area contributed by atoms with E-state index in [4.69, 9.17) is 18.0 Å². The fourth-order valence-electron chi connectivity index (χ4n) is 2.56. The number of esters is 1. The summed E-state index contributed by atoms with van der Waals surface area (Å²) in [4.78, 5) is 34.8. The van der Waals surface area contributed by atoms with Gasteiger partial charge < -0.3 is 28.4 Å². The first kappa shape index (κ1) is 27.2. The summed E-state index contributed by atoms with van der Waals surface area (Å²) in [5.74, 6) is -3.00. The molecule has 0 heterocycles. The molecule has 2 N–H and O–H groups in total. The van der Waals surface area contributed by atoms with Crippen molar-refractivity contribution in [3.8, 4) is 0 Å². The predicted octanol–water partition coefficient (Wildman–Crippen LogP) is 2.14. The van der Waals surface area contributed by atoms with E-state index in [9.17, 15) is 19.5 Å². The number of carboxylic acids is 1. The Labute approximate surface area is 174 Å². The van der Waals surface area contributed by atoms with E-state index in [1.54, 1.807) is 0 Å². The largest absolute Gasteiger partial charge is 0.500 e. The Morgan fingerprint density at radius 2 is 1.62 bits per heavy atom. The van der Waals surface area contributed by atoms with Gasteiger partial charge in [0.05, 0.1) is 12.5 Å². The maximum absolute atomic E-state index is 12.1. The van der Waals surface area contributed by atoms with E-state index in [-0.39, 0.29) is 30.9 Å². The first-order valence-electron chi connectivity index (χ1n) is 9.95. The number of hydrogen-bond donors (Lipinski definition) is 2. The second-order valence-electron chi connectivity index (χ2n) is 6.38. The SMILES string of the molecule is C=C(C)C(=O)OCCC(CC(=O)NCCC[Si](OCC)(OCC)OCC)C(=O)O. The molecule has 0 aliphatic heterocycles. The van der Waals surface area contributed by atoms with Crippen LogP contribution in [-0.4, -0.2) is 64.7 Å². The lowest BCUT2D eigenvalue weighted by Gasteiger charge is -2.28. The zero-order chi connectivity index (χ0) is 22.3. The average Bonchev–Trinajstić information content (AvgIpc) is 2.64. The summed E-state index contributed by atoms with van der Waals surface area (Å²) in [5, 5.41) is 12.0. The normalized spacial score (nSPS) is 12.3. The molecule has 0 bridgehead atoms. The van der Waals surface area contributed by atoms with Crippen LogP contribution in [0.1, 0.15) is 47.0 Å². The van der Waals surface area contributed by atoms with Gasteiger partial charge in [0.25, 0.3) is 0 Å². The van der Waals surface area contributed by atoms with Crippen molar-refractivity contribution in [2.24, 2.45) is 5.92 Å². The molecule has 0 aromatic rings. The molecule has 0 spiro atoms. The smallest absolute Gasteiger partial charge is 0.481 e. The highest BCUT2D eigenvalue weighted by atomic mass is 28.4. The van der Waals surface area contributed by atoms with Gasteiger partial charge in [-0.05, 0) is 40.5 Å². The Hall–Kier alpha value is -1.75. The zero-order valence-electron chi connectivity index (χ0n) is 18.0. The van der Waals surface area contributed by atoms with Crippen molar-refractivity contribution in [3.05, 3.63) is 12.2 Å². The standard InChI is InChI=1S/C19H35NO8Si/c1-6-26-29(27-7-2,28-8-3)13-9-11-20-17(21)14-16(18(22)23)10-12-25-19(24)15(4)5/h16H,4,6-14H2,1-3,5H3,(H,20,21)(H,22,23). The van der Waals surface area contributed by atoms with Crippen LogP contribution in [0.3, 0.4) is 0 Å². The summed E-state index contributed by atoms with van der Waals surface area (Å²) in [6.45, 7) is 12.3. The van der Waals surface area contributed by atoms with Gasteiger partial charge in [-0.2, -0.15) is 0 Å². The van der Waals surface area contributed by atoms with Crippen LogP contribution in [-0.2, 0) is 32.4 Å². The van der Waals surface area contributed by atoms with Gasteiger partial charge in [-0.25, -0.2) is 4.79 Å². The molecule has 29 heavy (non-hydrogen) atoms. The van der Waals surface area contributed by atoms with Crippen molar-refractivity contribution in [2.45, 2.75) is 53.0 Å². The Morgan fingerprint density at radius 1 is 1.07 bits per heavy atom. The maximum Gasteiger partial charge on any atom is 0.500 e. The molecule has 0 radical (unpaired) electrons. The third kappa shape index (κ3) is 11.7. The number of ether oxygens (including phenoxy) is 1. The van der Waals surface area contributed by atoms with Crippen LogP contribution in [0.25, 0.3) is 0 Å². The van der Waals surface area contributed by atoms with Crippen molar-refractivity contribution in [3.63, 3.8) is 0 Å². The van der Waals surface area contributed by atoms with Crippen molar-refractivity contribution >= 4 is 26.7 Å². The first-order chi connectivity index (χ1) is 13.7. The van der Waals surface area contributed by atoms with Crippen molar-refractivity contribution < 1.29 is 37.5 Å². The zero-order valence-corrected chi connectivity index (χ0v) is 19.0. The van der Waals surface area contributed by atoms with Crippen molar-refractivity contribution in [1.82, 2.24) is 5.32 Å². The fourth-order valence-corrected chi connectivity index (χ4v) is 5.17. The van der Waals surface area contributed by atoms with E-state index in [2.05, 4.69) is 11.9 Å². The van der Waals surface area contributed by atoms with Crippen LogP contribution in [0.4, 0.5) is 0 Å². The van der Waals surface area contributed by atoms with E-state index >= 15 is 0 Å². The van der Waals surface area contributed by atoms with Gasteiger partial charge in [0, 0.05) is 44.4 Å². The molecule has 168 valence electrons. The summed E-state index contributed by atoms with van der Waals surface area (Å²) in [6.07, 6.45) is 0.452. The summed E-state index contributed by atoms with van der Waals surface area (Å²) >= 11 is 0. The summed E-state index contributed by atoms with van der Waals surface area (Å²) in [5.41, 5.74) is 0.236. The Bertz CT molecular complexity index is 523. The monoisotopic (exact) mass is 433 g/mol. The number of nitrogens with one attached hydrogen (secondary N) is 1. The third-order valence-electron chi connectivity index (χ3n) is 3.90. The van der Waals surface area contributed by atoms with E-state index in [0.717, 1.165) is 0 Å². The molecule has 9 nitrogen and oxygen atoms in total. The second kappa shape index (κ2) is 15.1. The van der Waals surface area contributed by atoms with E-state index in [1.807, 2.05) is 20.8 Å². The predicted molar refractivity (Wildman–Crippen MR) is 109 cm³/mol. The molecule has 0 saturated heterocycles. The van der Waals surface area contributed by atoms with E-state index in [1.165, 1.54) is 6.92 Å². The van der Waals surface area contributed by atoms with Gasteiger partial charge in [-0.3, -0.25) is 9.59 Å². The lowest BCUT2D eigenvalue weighted by molar-refractivity contribution is -0.147. The number of carboxylic acid groups (broad SMARTS) is 1. The molecule has 1 atom stereocenters. The lowest BCUT2D eigenvalue weighted by atomic mass is 10.0. The molecule has 0 aliphatic carbocycles. The van der Waals surface area contributed by atoms with Crippen LogP contribution >= 0.6 is 0 Å². The van der Waals surface area contributed by atoms with Gasteiger partial charge in [0.2, 0.25) is 5.91 Å². The maximum atomic E-state index is 12.1. The Morgan fingerprint density at radius 3 is 2.07 bits per heavy atom. The average molecular weight is 434 g/mol. The summed E-state index contributed by atoms with van der Waals surface area (Å²) < 4.78 is 22.2. The van der Waals surface area contributed by atoms with Crippen molar-refractivity contribution in [2.75, 3.05) is 33.0 Å². The van der Waals surface area contributed by atoms with Crippen molar-refractivity contribution in [1.29, 1.82) is 0 Å². The molecule has 0 aromatic heterocycles. The molecule has 0 saturated carbocycles. The minimum atomic E-state index is -2.76. The quantitative estimate of drug-likeness (QED) is 0.155. The van der Waals surface area contributed by atoms with Gasteiger partial charge in [-0.15, -0.1) is 0 Å². The highest BCUT2D eigenvalue weighted by molar-refractivity contribution is 6.60. The number of aliphatic carboxylic acids is 1. The number of hydrogen-bond acceptors (Lipinski definition) is 7. The Kier molecular flexibility index (Phi) is 14.2. The number of amides is 1. The minimum Gasteiger partial charge on any atom is -0.481 e. The molecular weight excluding hydrogens is 398 g/mol. The van der Waals surface area contributed by atoms with Crippen LogP contribution in [0, 0.1) is 5.92 Å². The van der Waals surface area contributed by atoms with Gasteiger partial charge in [-0.1, -0.05) is 6.58 Å². The third-order valence-corrected chi connectivity index (χ3v) is 7.06. The second-order valence-corrected chi connectivity index (χ2v) is 9.11. The number of carbonyl (C=O) groups is 3. The number of rotatable bonds is 17. The van der Waals surface area contributed by atoms with E-state index < -0.39 is 26.7 Å². The van der Waals surface area contributed by atoms with Crippen LogP contribution in [0.5, 0.6) is 0 Å². The topological polar surface area (TPSA) is 120 Å². The molecular formula is C19H35NO8Si. The van der Waals surface area contributed by atoms with Gasteiger partial charge in [0.1, 0.15) is 0 Å². The Balaban J connectivity index is 4.43. The lowest BCUT2D eigenvalue weighted by Crippen LogP contribution is -2.46. The summed E-state index contributed by atoms with van der Waals surface area (Å²) in [7, 11) is -2.76. The number of carbonyl (C=O) groups excluding carboxylic acids is 2. The molecule has 0 fully saturated rings. The highest BCUT2D eigenvalue weighted by Crippen LogP contribution is 2.18. The van der Waals surface area contributed by atoms with E-state index in [0.29, 0.717) is 38.8 Å². The summed E-state index contributed by atoms with van der Waals surface area (Å²) in [6, 6.07) is 0.558. The molecule has 1 amide bonds. The molecule has 0 rings (SSSR count). The minimum absolute atomic E-state index is 0.0524. The van der Waals surface area contributed by atoms with Gasteiger partial charge >= 0.3 is 20.7 Å².